The van der Waals surface area contributed by atoms with Crippen LogP contribution in [0.4, 0.5) is 5.82 Å². The van der Waals surface area contributed by atoms with Gasteiger partial charge in [0.25, 0.3) is 5.91 Å². The van der Waals surface area contributed by atoms with Crippen LogP contribution in [0.1, 0.15) is 11.5 Å². The highest BCUT2D eigenvalue weighted by Crippen LogP contribution is 2.38. The summed E-state index contributed by atoms with van der Waals surface area (Å²) in [5.41, 5.74) is 1.46. The Labute approximate surface area is 194 Å². The van der Waals surface area contributed by atoms with Crippen molar-refractivity contribution in [2.45, 2.75) is 6.92 Å². The van der Waals surface area contributed by atoms with Gasteiger partial charge in [-0.25, -0.2) is 9.98 Å². The molecule has 1 aliphatic heterocycles. The summed E-state index contributed by atoms with van der Waals surface area (Å²) >= 11 is 13.8. The standard InChI is InChI=1S/C23H17Cl2N3O2S/c1-3-12-28-22(29)19(31-23(28)27-20-9-4-6-14(2)26-20)13-15-10-11-18(30-15)21-16(24)7-5-8-17(21)25/h3-11,13H,1,12H2,2H3/b19-13+,27-23+. The molecular formula is C23H17Cl2N3O2S. The summed E-state index contributed by atoms with van der Waals surface area (Å²) in [5.74, 6) is 1.40. The van der Waals surface area contributed by atoms with Crippen molar-refractivity contribution in [3.63, 3.8) is 0 Å². The van der Waals surface area contributed by atoms with E-state index in [1.54, 1.807) is 53.5 Å². The summed E-state index contributed by atoms with van der Waals surface area (Å²) < 4.78 is 5.90. The van der Waals surface area contributed by atoms with Crippen LogP contribution in [-0.4, -0.2) is 27.5 Å². The number of carbonyl (C=O) groups is 1. The smallest absolute Gasteiger partial charge is 0.267 e. The van der Waals surface area contributed by atoms with Gasteiger partial charge in [-0.05, 0) is 55.1 Å². The van der Waals surface area contributed by atoms with Gasteiger partial charge in [0, 0.05) is 18.3 Å². The number of thioether (sulfide) groups is 1. The zero-order valence-electron chi connectivity index (χ0n) is 16.5. The Morgan fingerprint density at radius 2 is 1.90 bits per heavy atom. The highest BCUT2D eigenvalue weighted by atomic mass is 35.5. The Morgan fingerprint density at radius 1 is 1.16 bits per heavy atom. The monoisotopic (exact) mass is 469 g/mol. The molecule has 0 spiro atoms. The van der Waals surface area contributed by atoms with Gasteiger partial charge in [0.05, 0.1) is 20.5 Å². The van der Waals surface area contributed by atoms with Crippen molar-refractivity contribution in [1.82, 2.24) is 9.88 Å². The number of furan rings is 1. The zero-order chi connectivity index (χ0) is 22.0. The van der Waals surface area contributed by atoms with Gasteiger partial charge in [-0.15, -0.1) is 6.58 Å². The molecule has 3 heterocycles. The first kappa shape index (κ1) is 21.4. The molecule has 1 amide bonds. The Balaban J connectivity index is 1.66. The van der Waals surface area contributed by atoms with Crippen LogP contribution >= 0.6 is 35.0 Å². The number of pyridine rings is 1. The summed E-state index contributed by atoms with van der Waals surface area (Å²) in [6.07, 6.45) is 3.34. The molecule has 0 aliphatic carbocycles. The van der Waals surface area contributed by atoms with Crippen molar-refractivity contribution in [3.8, 4) is 11.3 Å². The van der Waals surface area contributed by atoms with Gasteiger partial charge in [-0.2, -0.15) is 0 Å². The van der Waals surface area contributed by atoms with Crippen molar-refractivity contribution in [2.24, 2.45) is 4.99 Å². The minimum absolute atomic E-state index is 0.176. The zero-order valence-corrected chi connectivity index (χ0v) is 18.8. The number of nitrogens with zero attached hydrogens (tertiary/aromatic N) is 3. The Bertz CT molecular complexity index is 1210. The van der Waals surface area contributed by atoms with E-state index in [0.717, 1.165) is 5.69 Å². The predicted octanol–water partition coefficient (Wildman–Crippen LogP) is 6.75. The van der Waals surface area contributed by atoms with Crippen molar-refractivity contribution >= 4 is 57.9 Å². The molecule has 5 nitrogen and oxygen atoms in total. The number of amidine groups is 1. The van der Waals surface area contributed by atoms with Gasteiger partial charge in [-0.3, -0.25) is 9.69 Å². The molecule has 156 valence electrons. The van der Waals surface area contributed by atoms with Gasteiger partial charge < -0.3 is 4.42 Å². The number of hydrogen-bond donors (Lipinski definition) is 0. The molecule has 0 radical (unpaired) electrons. The number of hydrogen-bond acceptors (Lipinski definition) is 5. The van der Waals surface area contributed by atoms with Crippen molar-refractivity contribution in [1.29, 1.82) is 0 Å². The molecule has 0 bridgehead atoms. The molecule has 1 aliphatic rings. The third-order valence-electron chi connectivity index (χ3n) is 4.39. The van der Waals surface area contributed by atoms with Crippen molar-refractivity contribution in [3.05, 3.63) is 87.6 Å². The molecule has 0 unspecified atom stereocenters. The lowest BCUT2D eigenvalue weighted by molar-refractivity contribution is -0.121. The van der Waals surface area contributed by atoms with Crippen LogP contribution in [0.2, 0.25) is 10.0 Å². The SMILES string of the molecule is C=CCN1C(=O)/C(=C\c2ccc(-c3c(Cl)cccc3Cl)o2)S/C1=N/c1cccc(C)n1. The molecule has 3 aromatic rings. The molecule has 0 atom stereocenters. The average molecular weight is 470 g/mol. The number of amides is 1. The number of carbonyl (C=O) groups excluding carboxylic acids is 1. The summed E-state index contributed by atoms with van der Waals surface area (Å²) in [7, 11) is 0. The Morgan fingerprint density at radius 3 is 2.61 bits per heavy atom. The number of aryl methyl sites for hydroxylation is 1. The summed E-state index contributed by atoms with van der Waals surface area (Å²) in [6.45, 7) is 5.97. The first-order valence-corrected chi connectivity index (χ1v) is 10.9. The molecule has 8 heteroatoms. The second kappa shape index (κ2) is 9.14. The summed E-state index contributed by atoms with van der Waals surface area (Å²) in [6, 6.07) is 14.4. The molecule has 1 fully saturated rings. The molecule has 1 saturated heterocycles. The first-order valence-electron chi connectivity index (χ1n) is 9.35. The minimum Gasteiger partial charge on any atom is -0.457 e. The number of rotatable bonds is 5. The normalized spacial score (nSPS) is 16.5. The lowest BCUT2D eigenvalue weighted by atomic mass is 10.2. The molecular weight excluding hydrogens is 453 g/mol. The second-order valence-electron chi connectivity index (χ2n) is 6.65. The summed E-state index contributed by atoms with van der Waals surface area (Å²) in [4.78, 5) is 23.9. The third-order valence-corrected chi connectivity index (χ3v) is 6.03. The van der Waals surface area contributed by atoms with Crippen LogP contribution in [0.15, 0.2) is 75.5 Å². The second-order valence-corrected chi connectivity index (χ2v) is 8.47. The fourth-order valence-electron chi connectivity index (χ4n) is 3.00. The van der Waals surface area contributed by atoms with Crippen LogP contribution in [0, 0.1) is 6.92 Å². The molecule has 4 rings (SSSR count). The van der Waals surface area contributed by atoms with Gasteiger partial charge in [-0.1, -0.05) is 41.4 Å². The van der Waals surface area contributed by atoms with Crippen LogP contribution in [0.25, 0.3) is 17.4 Å². The maximum Gasteiger partial charge on any atom is 0.267 e. The largest absolute Gasteiger partial charge is 0.457 e. The van der Waals surface area contributed by atoms with Crippen LogP contribution < -0.4 is 0 Å². The van der Waals surface area contributed by atoms with Crippen LogP contribution in [0.3, 0.4) is 0 Å². The van der Waals surface area contributed by atoms with Crippen molar-refractivity contribution < 1.29 is 9.21 Å². The van der Waals surface area contributed by atoms with Gasteiger partial charge in [0.2, 0.25) is 0 Å². The molecule has 0 N–H and O–H groups in total. The van der Waals surface area contributed by atoms with Crippen LogP contribution in [0.5, 0.6) is 0 Å². The lowest BCUT2D eigenvalue weighted by Gasteiger charge is -2.12. The quantitative estimate of drug-likeness (QED) is 0.306. The predicted molar refractivity (Wildman–Crippen MR) is 128 cm³/mol. The number of aromatic nitrogens is 1. The number of aliphatic imine (C=N–C) groups is 1. The highest BCUT2D eigenvalue weighted by molar-refractivity contribution is 8.18. The van der Waals surface area contributed by atoms with Gasteiger partial charge in [0.1, 0.15) is 11.5 Å². The summed E-state index contributed by atoms with van der Waals surface area (Å²) in [5, 5.41) is 1.52. The van der Waals surface area contributed by atoms with E-state index in [1.807, 2.05) is 19.1 Å². The van der Waals surface area contributed by atoms with E-state index in [1.165, 1.54) is 11.8 Å². The molecule has 31 heavy (non-hydrogen) atoms. The van der Waals surface area contributed by atoms with E-state index in [0.29, 0.717) is 49.6 Å². The lowest BCUT2D eigenvalue weighted by Crippen LogP contribution is -2.29. The maximum atomic E-state index is 13.0. The molecule has 1 aromatic carbocycles. The van der Waals surface area contributed by atoms with E-state index in [-0.39, 0.29) is 5.91 Å². The van der Waals surface area contributed by atoms with Crippen LogP contribution in [-0.2, 0) is 4.79 Å². The number of benzene rings is 1. The topological polar surface area (TPSA) is 58.7 Å². The number of halogens is 2. The fraction of sp³-hybridized carbons (Fsp3) is 0.0870. The Hall–Kier alpha value is -2.80. The van der Waals surface area contributed by atoms with E-state index in [2.05, 4.69) is 16.6 Å². The Kier molecular flexibility index (Phi) is 6.32. The third kappa shape index (κ3) is 4.61. The fourth-order valence-corrected chi connectivity index (χ4v) is 4.56. The van der Waals surface area contributed by atoms with E-state index in [4.69, 9.17) is 27.6 Å². The minimum atomic E-state index is -0.176. The van der Waals surface area contributed by atoms with Gasteiger partial charge >= 0.3 is 0 Å². The molecule has 2 aromatic heterocycles. The van der Waals surface area contributed by atoms with Crippen molar-refractivity contribution in [2.75, 3.05) is 6.54 Å². The van der Waals surface area contributed by atoms with E-state index < -0.39 is 0 Å². The highest BCUT2D eigenvalue weighted by Gasteiger charge is 2.33. The van der Waals surface area contributed by atoms with E-state index >= 15 is 0 Å². The molecule has 0 saturated carbocycles. The average Bonchev–Trinajstić information content (AvgIpc) is 3.29. The first-order chi connectivity index (χ1) is 15.0. The maximum absolute atomic E-state index is 13.0. The van der Waals surface area contributed by atoms with E-state index in [9.17, 15) is 4.79 Å². The van der Waals surface area contributed by atoms with Gasteiger partial charge in [0.15, 0.2) is 11.0 Å².